The predicted molar refractivity (Wildman–Crippen MR) is 80.9 cm³/mol. The quantitative estimate of drug-likeness (QED) is 0.903. The van der Waals surface area contributed by atoms with Gasteiger partial charge >= 0.3 is 6.03 Å². The molecule has 2 amide bonds. The Morgan fingerprint density at radius 2 is 1.95 bits per heavy atom. The highest BCUT2D eigenvalue weighted by atomic mass is 32.1. The molecule has 0 spiro atoms. The van der Waals surface area contributed by atoms with Gasteiger partial charge in [-0.05, 0) is 18.4 Å². The highest BCUT2D eigenvalue weighted by Crippen LogP contribution is 2.38. The second-order valence-electron chi connectivity index (χ2n) is 5.07. The third-order valence-corrected chi connectivity index (χ3v) is 4.48. The first-order chi connectivity index (χ1) is 9.78. The fourth-order valence-electron chi connectivity index (χ4n) is 2.85. The van der Waals surface area contributed by atoms with Crippen LogP contribution in [0.15, 0.2) is 41.9 Å². The minimum Gasteiger partial charge on any atom is -0.328 e. The van der Waals surface area contributed by atoms with Crippen LogP contribution in [0.1, 0.15) is 31.2 Å². The second-order valence-corrected chi connectivity index (χ2v) is 5.97. The molecule has 3 rings (SSSR count). The molecule has 2 aromatic rings. The highest BCUT2D eigenvalue weighted by molar-refractivity contribution is 7.13. The molecule has 1 aliphatic rings. The SMILES string of the molecule is O=C(Nc1nccs1)NC1(c2ccccc2)CCCC1. The van der Waals surface area contributed by atoms with E-state index in [1.54, 1.807) is 6.20 Å². The van der Waals surface area contributed by atoms with Crippen molar-refractivity contribution in [2.45, 2.75) is 31.2 Å². The lowest BCUT2D eigenvalue weighted by Gasteiger charge is -2.30. The molecule has 1 aliphatic carbocycles. The lowest BCUT2D eigenvalue weighted by atomic mass is 9.88. The van der Waals surface area contributed by atoms with E-state index in [0.717, 1.165) is 25.7 Å². The molecule has 1 fully saturated rings. The topological polar surface area (TPSA) is 54.0 Å². The Morgan fingerprint density at radius 1 is 1.20 bits per heavy atom. The minimum atomic E-state index is -0.234. The van der Waals surface area contributed by atoms with Gasteiger partial charge in [-0.2, -0.15) is 0 Å². The molecule has 5 heteroatoms. The van der Waals surface area contributed by atoms with E-state index in [4.69, 9.17) is 0 Å². The van der Waals surface area contributed by atoms with Crippen molar-refractivity contribution in [1.82, 2.24) is 10.3 Å². The molecule has 104 valence electrons. The number of urea groups is 1. The lowest BCUT2D eigenvalue weighted by molar-refractivity contribution is 0.236. The molecule has 0 saturated heterocycles. The predicted octanol–water partition coefficient (Wildman–Crippen LogP) is 3.73. The van der Waals surface area contributed by atoms with Crippen LogP contribution in [0.25, 0.3) is 0 Å². The summed E-state index contributed by atoms with van der Waals surface area (Å²) < 4.78 is 0. The molecular weight excluding hydrogens is 270 g/mol. The monoisotopic (exact) mass is 287 g/mol. The number of carbonyl (C=O) groups excluding carboxylic acids is 1. The summed E-state index contributed by atoms with van der Waals surface area (Å²) >= 11 is 1.42. The summed E-state index contributed by atoms with van der Waals surface area (Å²) in [6, 6.07) is 10.1. The molecular formula is C15H17N3OS. The molecule has 2 N–H and O–H groups in total. The molecule has 0 unspecified atom stereocenters. The minimum absolute atomic E-state index is 0.175. The van der Waals surface area contributed by atoms with Crippen LogP contribution in [-0.2, 0) is 5.54 Å². The van der Waals surface area contributed by atoms with Crippen LogP contribution in [0.4, 0.5) is 9.93 Å². The zero-order valence-electron chi connectivity index (χ0n) is 11.1. The Hall–Kier alpha value is -1.88. The molecule has 0 radical (unpaired) electrons. The lowest BCUT2D eigenvalue weighted by Crippen LogP contribution is -2.45. The van der Waals surface area contributed by atoms with Gasteiger partial charge in [0.15, 0.2) is 5.13 Å². The highest BCUT2D eigenvalue weighted by Gasteiger charge is 2.36. The van der Waals surface area contributed by atoms with Crippen LogP contribution in [-0.4, -0.2) is 11.0 Å². The van der Waals surface area contributed by atoms with Crippen LogP contribution in [0, 0.1) is 0 Å². The number of carbonyl (C=O) groups is 1. The van der Waals surface area contributed by atoms with E-state index < -0.39 is 0 Å². The molecule has 1 heterocycles. The van der Waals surface area contributed by atoms with Crippen molar-refractivity contribution < 1.29 is 4.79 Å². The Labute approximate surface area is 122 Å². The van der Waals surface area contributed by atoms with Crippen molar-refractivity contribution in [2.24, 2.45) is 0 Å². The van der Waals surface area contributed by atoms with Crippen LogP contribution in [0.2, 0.25) is 0 Å². The normalized spacial score (nSPS) is 16.8. The average Bonchev–Trinajstić information content (AvgIpc) is 3.12. The van der Waals surface area contributed by atoms with Crippen LogP contribution in [0.3, 0.4) is 0 Å². The fraction of sp³-hybridized carbons (Fsp3) is 0.333. The summed E-state index contributed by atoms with van der Waals surface area (Å²) in [6.45, 7) is 0. The number of rotatable bonds is 3. The molecule has 1 aromatic carbocycles. The van der Waals surface area contributed by atoms with Gasteiger partial charge in [-0.25, -0.2) is 9.78 Å². The number of nitrogens with one attached hydrogen (secondary N) is 2. The van der Waals surface area contributed by atoms with Gasteiger partial charge in [0.2, 0.25) is 0 Å². The van der Waals surface area contributed by atoms with Gasteiger partial charge in [-0.15, -0.1) is 11.3 Å². The smallest absolute Gasteiger partial charge is 0.321 e. The largest absolute Gasteiger partial charge is 0.328 e. The van der Waals surface area contributed by atoms with Gasteiger partial charge in [0, 0.05) is 11.6 Å². The standard InChI is InChI=1S/C15H17N3OS/c19-13(17-14-16-10-11-20-14)18-15(8-4-5-9-15)12-6-2-1-3-7-12/h1-3,6-7,10-11H,4-5,8-9H2,(H2,16,17,18,19). The first kappa shape index (κ1) is 13.1. The number of benzene rings is 1. The van der Waals surface area contributed by atoms with E-state index in [0.29, 0.717) is 5.13 Å². The molecule has 0 atom stereocenters. The summed E-state index contributed by atoms with van der Waals surface area (Å²) in [6.07, 6.45) is 5.95. The zero-order valence-corrected chi connectivity index (χ0v) is 12.0. The first-order valence-electron chi connectivity index (χ1n) is 6.83. The maximum absolute atomic E-state index is 12.2. The van der Waals surface area contributed by atoms with Crippen molar-refractivity contribution in [3.05, 3.63) is 47.5 Å². The van der Waals surface area contributed by atoms with E-state index >= 15 is 0 Å². The van der Waals surface area contributed by atoms with Crippen molar-refractivity contribution in [2.75, 3.05) is 5.32 Å². The summed E-state index contributed by atoms with van der Waals surface area (Å²) in [7, 11) is 0. The van der Waals surface area contributed by atoms with Gasteiger partial charge < -0.3 is 5.32 Å². The number of thiazole rings is 1. The van der Waals surface area contributed by atoms with E-state index in [9.17, 15) is 4.79 Å². The molecule has 0 bridgehead atoms. The third-order valence-electron chi connectivity index (χ3n) is 3.79. The summed E-state index contributed by atoms with van der Waals surface area (Å²) in [5.74, 6) is 0. The van der Waals surface area contributed by atoms with Crippen molar-refractivity contribution in [3.8, 4) is 0 Å². The fourth-order valence-corrected chi connectivity index (χ4v) is 3.38. The Balaban J connectivity index is 1.76. The number of anilines is 1. The number of hydrogen-bond donors (Lipinski definition) is 2. The van der Waals surface area contributed by atoms with Crippen LogP contribution >= 0.6 is 11.3 Å². The van der Waals surface area contributed by atoms with E-state index in [-0.39, 0.29) is 11.6 Å². The number of amides is 2. The zero-order chi connectivity index (χ0) is 13.8. The molecule has 1 saturated carbocycles. The number of aromatic nitrogens is 1. The Kier molecular flexibility index (Phi) is 3.69. The summed E-state index contributed by atoms with van der Waals surface area (Å²) in [4.78, 5) is 16.3. The van der Waals surface area contributed by atoms with Gasteiger partial charge in [-0.1, -0.05) is 43.2 Å². The van der Waals surface area contributed by atoms with Crippen LogP contribution in [0.5, 0.6) is 0 Å². The maximum Gasteiger partial charge on any atom is 0.321 e. The number of nitrogens with zero attached hydrogens (tertiary/aromatic N) is 1. The van der Waals surface area contributed by atoms with Crippen molar-refractivity contribution in [1.29, 1.82) is 0 Å². The van der Waals surface area contributed by atoms with Crippen molar-refractivity contribution >= 4 is 22.5 Å². The average molecular weight is 287 g/mol. The third kappa shape index (κ3) is 2.67. The van der Waals surface area contributed by atoms with E-state index in [2.05, 4.69) is 27.8 Å². The maximum atomic E-state index is 12.2. The van der Waals surface area contributed by atoms with Crippen LogP contribution < -0.4 is 10.6 Å². The molecule has 1 aromatic heterocycles. The first-order valence-corrected chi connectivity index (χ1v) is 7.71. The number of hydrogen-bond acceptors (Lipinski definition) is 3. The summed E-state index contributed by atoms with van der Waals surface area (Å²) in [5, 5.41) is 8.44. The summed E-state index contributed by atoms with van der Waals surface area (Å²) in [5.41, 5.74) is 0.953. The van der Waals surface area contributed by atoms with Gasteiger partial charge in [0.05, 0.1) is 5.54 Å². The molecule has 0 aliphatic heterocycles. The molecule has 4 nitrogen and oxygen atoms in total. The van der Waals surface area contributed by atoms with Crippen molar-refractivity contribution in [3.63, 3.8) is 0 Å². The van der Waals surface area contributed by atoms with Gasteiger partial charge in [0.25, 0.3) is 0 Å². The van der Waals surface area contributed by atoms with E-state index in [1.807, 2.05) is 23.6 Å². The second kappa shape index (κ2) is 5.63. The Bertz CT molecular complexity index is 562. The van der Waals surface area contributed by atoms with Gasteiger partial charge in [0.1, 0.15) is 0 Å². The molecule has 20 heavy (non-hydrogen) atoms. The van der Waals surface area contributed by atoms with Gasteiger partial charge in [-0.3, -0.25) is 5.32 Å². The Morgan fingerprint density at radius 3 is 2.60 bits per heavy atom. The van der Waals surface area contributed by atoms with E-state index in [1.165, 1.54) is 16.9 Å².